The maximum absolute atomic E-state index is 12.4. The van der Waals surface area contributed by atoms with Crippen molar-refractivity contribution in [1.29, 1.82) is 0 Å². The molecule has 3 heteroatoms. The Morgan fingerprint density at radius 2 is 1.36 bits per heavy atom. The Balaban J connectivity index is 2.21. The van der Waals surface area contributed by atoms with Gasteiger partial charge in [0.05, 0.1) is 0 Å². The molecule has 0 amide bonds. The van der Waals surface area contributed by atoms with Crippen molar-refractivity contribution in [2.45, 2.75) is 90.6 Å². The van der Waals surface area contributed by atoms with Gasteiger partial charge in [0.15, 0.2) is 11.9 Å². The standard InChI is InChI=1S/C22H34O3/c1-3-4-5-6-7-8-9-10-11-15-18-21(24)22(25-19(2)23)20-16-13-12-14-17-20/h12-14,16-17,22H,3-11,15,18H2,1-2H3/t22-/m1/s1. The number of Topliss-reactive ketones (excluding diaryl/α,β-unsaturated/α-hetero) is 1. The van der Waals surface area contributed by atoms with E-state index in [2.05, 4.69) is 6.92 Å². The van der Waals surface area contributed by atoms with E-state index in [0.717, 1.165) is 18.4 Å². The number of carbonyl (C=O) groups is 2. The molecule has 1 aromatic carbocycles. The lowest BCUT2D eigenvalue weighted by Gasteiger charge is -2.16. The summed E-state index contributed by atoms with van der Waals surface area (Å²) in [7, 11) is 0. The van der Waals surface area contributed by atoms with Crippen molar-refractivity contribution < 1.29 is 14.3 Å². The topological polar surface area (TPSA) is 43.4 Å². The summed E-state index contributed by atoms with van der Waals surface area (Å²) < 4.78 is 5.25. The number of esters is 1. The zero-order valence-electron chi connectivity index (χ0n) is 16.0. The van der Waals surface area contributed by atoms with Crippen LogP contribution in [0.1, 0.15) is 96.1 Å². The van der Waals surface area contributed by atoms with Gasteiger partial charge in [-0.3, -0.25) is 9.59 Å². The minimum atomic E-state index is -0.753. The van der Waals surface area contributed by atoms with Crippen molar-refractivity contribution in [3.8, 4) is 0 Å². The minimum absolute atomic E-state index is 0.000894. The number of unbranched alkanes of at least 4 members (excludes halogenated alkanes) is 9. The molecule has 140 valence electrons. The monoisotopic (exact) mass is 346 g/mol. The zero-order valence-corrected chi connectivity index (χ0v) is 16.0. The fourth-order valence-electron chi connectivity index (χ4n) is 3.03. The van der Waals surface area contributed by atoms with Crippen molar-refractivity contribution in [3.63, 3.8) is 0 Å². The van der Waals surface area contributed by atoms with E-state index in [0.29, 0.717) is 6.42 Å². The summed E-state index contributed by atoms with van der Waals surface area (Å²) in [4.78, 5) is 23.7. The van der Waals surface area contributed by atoms with E-state index in [4.69, 9.17) is 4.74 Å². The molecule has 3 nitrogen and oxygen atoms in total. The summed E-state index contributed by atoms with van der Waals surface area (Å²) in [6, 6.07) is 9.29. The molecular weight excluding hydrogens is 312 g/mol. The van der Waals surface area contributed by atoms with Crippen LogP contribution in [0.5, 0.6) is 0 Å². The number of rotatable bonds is 14. The Kier molecular flexibility index (Phi) is 11.7. The highest BCUT2D eigenvalue weighted by atomic mass is 16.5. The molecule has 0 bridgehead atoms. The number of carbonyl (C=O) groups excluding carboxylic acids is 2. The highest BCUT2D eigenvalue weighted by Crippen LogP contribution is 2.21. The smallest absolute Gasteiger partial charge is 0.303 e. The van der Waals surface area contributed by atoms with Gasteiger partial charge in [-0.15, -0.1) is 0 Å². The molecule has 0 aliphatic rings. The van der Waals surface area contributed by atoms with E-state index in [1.54, 1.807) is 0 Å². The fraction of sp³-hybridized carbons (Fsp3) is 0.636. The van der Waals surface area contributed by atoms with E-state index in [9.17, 15) is 9.59 Å². The predicted octanol–water partition coefficient (Wildman–Crippen LogP) is 6.17. The van der Waals surface area contributed by atoms with Crippen LogP contribution in [0.15, 0.2) is 30.3 Å². The first kappa shape index (κ1) is 21.4. The molecule has 1 aromatic rings. The normalized spacial score (nSPS) is 11.9. The largest absolute Gasteiger partial charge is 0.450 e. The van der Waals surface area contributed by atoms with Crippen LogP contribution in [0.2, 0.25) is 0 Å². The van der Waals surface area contributed by atoms with Crippen LogP contribution >= 0.6 is 0 Å². The van der Waals surface area contributed by atoms with Crippen LogP contribution in [-0.2, 0) is 14.3 Å². The van der Waals surface area contributed by atoms with Crippen molar-refractivity contribution >= 4 is 11.8 Å². The predicted molar refractivity (Wildman–Crippen MR) is 102 cm³/mol. The number of ether oxygens (including phenoxy) is 1. The lowest BCUT2D eigenvalue weighted by Crippen LogP contribution is -2.18. The van der Waals surface area contributed by atoms with Gasteiger partial charge in [-0.05, 0) is 12.0 Å². The molecular formula is C22H34O3. The van der Waals surface area contributed by atoms with Crippen LogP contribution in [-0.4, -0.2) is 11.8 Å². The van der Waals surface area contributed by atoms with Gasteiger partial charge in [-0.1, -0.05) is 95.0 Å². The van der Waals surface area contributed by atoms with E-state index < -0.39 is 12.1 Å². The molecule has 0 aromatic heterocycles. The highest BCUT2D eigenvalue weighted by Gasteiger charge is 2.22. The number of benzene rings is 1. The Morgan fingerprint density at radius 3 is 1.88 bits per heavy atom. The van der Waals surface area contributed by atoms with Crippen molar-refractivity contribution in [1.82, 2.24) is 0 Å². The molecule has 25 heavy (non-hydrogen) atoms. The summed E-state index contributed by atoms with van der Waals surface area (Å²) in [6.45, 7) is 3.59. The second-order valence-corrected chi connectivity index (χ2v) is 6.80. The first-order valence-electron chi connectivity index (χ1n) is 9.90. The maximum Gasteiger partial charge on any atom is 0.303 e. The van der Waals surface area contributed by atoms with Crippen LogP contribution in [0.25, 0.3) is 0 Å². The summed E-state index contributed by atoms with van der Waals surface area (Å²) in [5, 5.41) is 0. The van der Waals surface area contributed by atoms with Gasteiger partial charge in [0.1, 0.15) is 0 Å². The Labute approximate surface area is 153 Å². The maximum atomic E-state index is 12.4. The van der Waals surface area contributed by atoms with Gasteiger partial charge in [-0.25, -0.2) is 0 Å². The third kappa shape index (κ3) is 10.1. The number of hydrogen-bond donors (Lipinski definition) is 0. The van der Waals surface area contributed by atoms with Crippen molar-refractivity contribution in [3.05, 3.63) is 35.9 Å². The number of hydrogen-bond acceptors (Lipinski definition) is 3. The van der Waals surface area contributed by atoms with Crippen LogP contribution in [0.4, 0.5) is 0 Å². The Hall–Kier alpha value is -1.64. The minimum Gasteiger partial charge on any atom is -0.450 e. The molecule has 0 heterocycles. The SMILES string of the molecule is CCCCCCCCCCCCC(=O)[C@H](OC(C)=O)c1ccccc1. The highest BCUT2D eigenvalue weighted by molar-refractivity contribution is 5.86. The lowest BCUT2D eigenvalue weighted by atomic mass is 10.00. The van der Waals surface area contributed by atoms with Gasteiger partial charge in [0.2, 0.25) is 0 Å². The molecule has 0 radical (unpaired) electrons. The van der Waals surface area contributed by atoms with Crippen LogP contribution in [0.3, 0.4) is 0 Å². The average Bonchev–Trinajstić information content (AvgIpc) is 2.61. The Bertz CT molecular complexity index is 481. The van der Waals surface area contributed by atoms with Crippen LogP contribution in [0, 0.1) is 0 Å². The van der Waals surface area contributed by atoms with Gasteiger partial charge < -0.3 is 4.74 Å². The molecule has 0 fully saturated rings. The van der Waals surface area contributed by atoms with E-state index in [1.165, 1.54) is 58.3 Å². The first-order valence-corrected chi connectivity index (χ1v) is 9.90. The first-order chi connectivity index (χ1) is 12.1. The molecule has 0 saturated heterocycles. The van der Waals surface area contributed by atoms with Gasteiger partial charge in [0.25, 0.3) is 0 Å². The summed E-state index contributed by atoms with van der Waals surface area (Å²) in [5.74, 6) is -0.411. The van der Waals surface area contributed by atoms with Gasteiger partial charge in [-0.2, -0.15) is 0 Å². The Morgan fingerprint density at radius 1 is 0.840 bits per heavy atom. The molecule has 0 aliphatic heterocycles. The van der Waals surface area contributed by atoms with Crippen molar-refractivity contribution in [2.24, 2.45) is 0 Å². The van der Waals surface area contributed by atoms with E-state index in [1.807, 2.05) is 30.3 Å². The second-order valence-electron chi connectivity index (χ2n) is 6.80. The van der Waals surface area contributed by atoms with Gasteiger partial charge >= 0.3 is 5.97 Å². The molecule has 0 unspecified atom stereocenters. The average molecular weight is 347 g/mol. The lowest BCUT2D eigenvalue weighted by molar-refractivity contribution is -0.153. The number of ketones is 1. The van der Waals surface area contributed by atoms with E-state index in [-0.39, 0.29) is 5.78 Å². The third-order valence-electron chi connectivity index (χ3n) is 4.46. The molecule has 0 N–H and O–H groups in total. The van der Waals surface area contributed by atoms with Crippen LogP contribution < -0.4 is 0 Å². The molecule has 1 rings (SSSR count). The molecule has 1 atom stereocenters. The summed E-state index contributed by atoms with van der Waals surface area (Å²) in [6.07, 6.45) is 12.1. The zero-order chi connectivity index (χ0) is 18.3. The van der Waals surface area contributed by atoms with E-state index >= 15 is 0 Å². The molecule has 0 spiro atoms. The molecule has 0 aliphatic carbocycles. The fourth-order valence-corrected chi connectivity index (χ4v) is 3.03. The van der Waals surface area contributed by atoms with Gasteiger partial charge in [0, 0.05) is 13.3 Å². The summed E-state index contributed by atoms with van der Waals surface area (Å²) in [5.41, 5.74) is 0.759. The quantitative estimate of drug-likeness (QED) is 0.299. The van der Waals surface area contributed by atoms with Crippen molar-refractivity contribution in [2.75, 3.05) is 0 Å². The molecule has 0 saturated carbocycles. The second kappa shape index (κ2) is 13.6. The third-order valence-corrected chi connectivity index (χ3v) is 4.46. The summed E-state index contributed by atoms with van der Waals surface area (Å²) >= 11 is 0.